The molecule has 1 saturated heterocycles. The first-order valence-electron chi connectivity index (χ1n) is 7.33. The van der Waals surface area contributed by atoms with E-state index in [1.807, 2.05) is 0 Å². The Kier molecular flexibility index (Phi) is 5.63. The van der Waals surface area contributed by atoms with Gasteiger partial charge >= 0.3 is 0 Å². The van der Waals surface area contributed by atoms with E-state index in [2.05, 4.69) is 15.5 Å². The maximum atomic E-state index is 12.1. The summed E-state index contributed by atoms with van der Waals surface area (Å²) in [4.78, 5) is 12.1. The van der Waals surface area contributed by atoms with Crippen molar-refractivity contribution in [3.05, 3.63) is 63.6 Å². The Morgan fingerprint density at radius 2 is 2.04 bits per heavy atom. The first kappa shape index (κ1) is 17.8. The normalized spacial score (nSPS) is 18.9. The number of carbonyl (C=O) groups is 1. The number of benzene rings is 2. The van der Waals surface area contributed by atoms with E-state index in [0.29, 0.717) is 27.2 Å². The SMILES string of the molecule is O=C1N/C(=N\N=C/c2ccccc2O)SC1Cc1cc(Cl)ccc1Cl. The minimum atomic E-state index is -0.352. The summed E-state index contributed by atoms with van der Waals surface area (Å²) >= 11 is 13.4. The number of phenolic OH excluding ortho intramolecular Hbond substituents is 1. The van der Waals surface area contributed by atoms with Crippen LogP contribution in [0.25, 0.3) is 0 Å². The number of amides is 1. The van der Waals surface area contributed by atoms with Crippen LogP contribution in [0, 0.1) is 0 Å². The van der Waals surface area contributed by atoms with Crippen molar-refractivity contribution in [2.45, 2.75) is 11.7 Å². The van der Waals surface area contributed by atoms with Crippen LogP contribution in [0.1, 0.15) is 11.1 Å². The lowest BCUT2D eigenvalue weighted by atomic mass is 10.1. The van der Waals surface area contributed by atoms with Gasteiger partial charge in [-0.05, 0) is 42.3 Å². The minimum absolute atomic E-state index is 0.114. The average molecular weight is 394 g/mol. The summed E-state index contributed by atoms with van der Waals surface area (Å²) in [5.74, 6) is -0.0411. The molecule has 1 aliphatic heterocycles. The fourth-order valence-corrected chi connectivity index (χ4v) is 3.57. The van der Waals surface area contributed by atoms with Gasteiger partial charge in [0.15, 0.2) is 5.17 Å². The number of nitrogens with zero attached hydrogens (tertiary/aromatic N) is 2. The largest absolute Gasteiger partial charge is 0.507 e. The molecule has 0 saturated carbocycles. The van der Waals surface area contributed by atoms with Gasteiger partial charge < -0.3 is 10.4 Å². The third-order valence-corrected chi connectivity index (χ3v) is 5.15. The van der Waals surface area contributed by atoms with Crippen molar-refractivity contribution in [2.24, 2.45) is 10.2 Å². The zero-order valence-electron chi connectivity index (χ0n) is 12.8. The molecular formula is C17H13Cl2N3O2S. The highest BCUT2D eigenvalue weighted by molar-refractivity contribution is 8.15. The van der Waals surface area contributed by atoms with Crippen LogP contribution in [0.4, 0.5) is 0 Å². The second-order valence-electron chi connectivity index (χ2n) is 5.24. The van der Waals surface area contributed by atoms with E-state index in [1.165, 1.54) is 18.0 Å². The molecule has 3 rings (SSSR count). The minimum Gasteiger partial charge on any atom is -0.507 e. The van der Waals surface area contributed by atoms with Gasteiger partial charge in [0.2, 0.25) is 5.91 Å². The zero-order chi connectivity index (χ0) is 17.8. The van der Waals surface area contributed by atoms with Crippen LogP contribution in [0.5, 0.6) is 5.75 Å². The zero-order valence-corrected chi connectivity index (χ0v) is 15.1. The van der Waals surface area contributed by atoms with Crippen molar-refractivity contribution in [2.75, 3.05) is 0 Å². The number of para-hydroxylation sites is 1. The van der Waals surface area contributed by atoms with Gasteiger partial charge in [-0.15, -0.1) is 5.10 Å². The van der Waals surface area contributed by atoms with Crippen molar-refractivity contribution < 1.29 is 9.90 Å². The summed E-state index contributed by atoms with van der Waals surface area (Å²) < 4.78 is 0. The number of phenols is 1. The molecule has 1 atom stereocenters. The summed E-state index contributed by atoms with van der Waals surface area (Å²) in [5.41, 5.74) is 1.35. The van der Waals surface area contributed by atoms with Crippen molar-refractivity contribution in [3.63, 3.8) is 0 Å². The van der Waals surface area contributed by atoms with Gasteiger partial charge in [0, 0.05) is 15.6 Å². The van der Waals surface area contributed by atoms with E-state index in [1.54, 1.807) is 42.5 Å². The molecule has 0 bridgehead atoms. The van der Waals surface area contributed by atoms with Gasteiger partial charge in [-0.1, -0.05) is 47.1 Å². The third kappa shape index (κ3) is 4.54. The Balaban J connectivity index is 1.68. The van der Waals surface area contributed by atoms with Crippen LogP contribution in [-0.2, 0) is 11.2 Å². The lowest BCUT2D eigenvalue weighted by Gasteiger charge is -2.07. The Morgan fingerprint density at radius 1 is 1.24 bits per heavy atom. The van der Waals surface area contributed by atoms with E-state index < -0.39 is 0 Å². The molecule has 0 spiro atoms. The van der Waals surface area contributed by atoms with Gasteiger partial charge in [-0.25, -0.2) is 0 Å². The fourth-order valence-electron chi connectivity index (χ4n) is 2.23. The van der Waals surface area contributed by atoms with Crippen LogP contribution < -0.4 is 5.32 Å². The van der Waals surface area contributed by atoms with E-state index >= 15 is 0 Å². The van der Waals surface area contributed by atoms with Crippen molar-refractivity contribution in [3.8, 4) is 5.75 Å². The number of rotatable bonds is 4. The molecule has 8 heteroatoms. The molecular weight excluding hydrogens is 381 g/mol. The highest BCUT2D eigenvalue weighted by Gasteiger charge is 2.31. The topological polar surface area (TPSA) is 74.0 Å². The lowest BCUT2D eigenvalue weighted by Crippen LogP contribution is -2.26. The molecule has 0 aromatic heterocycles. The molecule has 1 amide bonds. The molecule has 0 radical (unpaired) electrons. The molecule has 1 aliphatic rings. The Morgan fingerprint density at radius 3 is 2.84 bits per heavy atom. The highest BCUT2D eigenvalue weighted by Crippen LogP contribution is 2.28. The summed E-state index contributed by atoms with van der Waals surface area (Å²) in [6, 6.07) is 11.9. The molecule has 1 fully saturated rings. The maximum absolute atomic E-state index is 12.1. The van der Waals surface area contributed by atoms with Gasteiger partial charge in [-0.3, -0.25) is 4.79 Å². The third-order valence-electron chi connectivity index (χ3n) is 3.47. The molecule has 25 heavy (non-hydrogen) atoms. The van der Waals surface area contributed by atoms with E-state index in [-0.39, 0.29) is 16.9 Å². The summed E-state index contributed by atoms with van der Waals surface area (Å²) in [5, 5.41) is 21.4. The number of nitrogens with one attached hydrogen (secondary N) is 1. The van der Waals surface area contributed by atoms with Gasteiger partial charge in [0.05, 0.1) is 11.5 Å². The van der Waals surface area contributed by atoms with Gasteiger partial charge in [0.25, 0.3) is 0 Å². The van der Waals surface area contributed by atoms with Crippen molar-refractivity contribution >= 4 is 52.3 Å². The molecule has 2 aromatic carbocycles. The predicted molar refractivity (Wildman–Crippen MR) is 103 cm³/mol. The number of amidine groups is 1. The number of carbonyl (C=O) groups excluding carboxylic acids is 1. The van der Waals surface area contributed by atoms with E-state index in [0.717, 1.165) is 5.56 Å². The van der Waals surface area contributed by atoms with E-state index in [4.69, 9.17) is 23.2 Å². The first-order valence-corrected chi connectivity index (χ1v) is 8.97. The van der Waals surface area contributed by atoms with Gasteiger partial charge in [-0.2, -0.15) is 5.10 Å². The number of aromatic hydroxyl groups is 1. The number of hydrogen-bond donors (Lipinski definition) is 2. The predicted octanol–water partition coefficient (Wildman–Crippen LogP) is 3.86. The maximum Gasteiger partial charge on any atom is 0.239 e. The smallest absolute Gasteiger partial charge is 0.239 e. The molecule has 128 valence electrons. The Bertz CT molecular complexity index is 871. The Hall–Kier alpha value is -2.02. The first-order chi connectivity index (χ1) is 12.0. The quantitative estimate of drug-likeness (QED) is 0.611. The molecule has 1 unspecified atom stereocenters. The fraction of sp³-hybridized carbons (Fsp3) is 0.118. The summed E-state index contributed by atoms with van der Waals surface area (Å²) in [6.07, 6.45) is 1.87. The molecule has 2 aromatic rings. The van der Waals surface area contributed by atoms with Crippen LogP contribution in [0.2, 0.25) is 10.0 Å². The van der Waals surface area contributed by atoms with E-state index in [9.17, 15) is 9.90 Å². The van der Waals surface area contributed by atoms with Crippen LogP contribution >= 0.6 is 35.0 Å². The summed E-state index contributed by atoms with van der Waals surface area (Å²) in [7, 11) is 0. The van der Waals surface area contributed by atoms with Crippen molar-refractivity contribution in [1.82, 2.24) is 5.32 Å². The van der Waals surface area contributed by atoms with Gasteiger partial charge in [0.1, 0.15) is 5.75 Å². The molecule has 2 N–H and O–H groups in total. The van der Waals surface area contributed by atoms with Crippen LogP contribution in [0.3, 0.4) is 0 Å². The average Bonchev–Trinajstić information content (AvgIpc) is 2.92. The van der Waals surface area contributed by atoms with Crippen LogP contribution in [0.15, 0.2) is 52.7 Å². The highest BCUT2D eigenvalue weighted by atomic mass is 35.5. The molecule has 5 nitrogen and oxygen atoms in total. The standard InChI is InChI=1S/C17H13Cl2N3O2S/c18-12-5-6-13(19)11(7-12)8-15-16(24)21-17(25-15)22-20-9-10-3-1-2-4-14(10)23/h1-7,9,15,23H,8H2,(H,21,22,24)/b20-9-. The lowest BCUT2D eigenvalue weighted by molar-refractivity contribution is -0.118. The number of hydrogen-bond acceptors (Lipinski definition) is 5. The monoisotopic (exact) mass is 393 g/mol. The second-order valence-corrected chi connectivity index (χ2v) is 7.28. The second kappa shape index (κ2) is 7.91. The molecule has 1 heterocycles. The number of thioether (sulfide) groups is 1. The number of halogens is 2. The molecule has 0 aliphatic carbocycles. The summed E-state index contributed by atoms with van der Waals surface area (Å²) in [6.45, 7) is 0. The van der Waals surface area contributed by atoms with Crippen LogP contribution in [-0.4, -0.2) is 27.6 Å². The van der Waals surface area contributed by atoms with Crippen molar-refractivity contribution in [1.29, 1.82) is 0 Å². The Labute approximate surface area is 158 Å².